The summed E-state index contributed by atoms with van der Waals surface area (Å²) in [5, 5.41) is 2.91. The second-order valence-electron chi connectivity index (χ2n) is 6.28. The van der Waals surface area contributed by atoms with Crippen molar-refractivity contribution in [3.05, 3.63) is 0 Å². The minimum atomic E-state index is -0.121. The van der Waals surface area contributed by atoms with Gasteiger partial charge < -0.3 is 5.32 Å². The number of rotatable bonds is 2. The molecular formula is C14H18BrNO. The number of carbonyl (C=O) groups is 1. The molecule has 0 saturated heterocycles. The highest BCUT2D eigenvalue weighted by atomic mass is 79.9. The topological polar surface area (TPSA) is 29.1 Å². The maximum Gasteiger partial charge on any atom is 0.227 e. The Balaban J connectivity index is 1.83. The number of nitrogens with one attached hydrogen (secondary N) is 1. The molecule has 2 atom stereocenters. The fourth-order valence-corrected chi connectivity index (χ4v) is 6.19. The molecule has 3 heteroatoms. The molecule has 0 radical (unpaired) electrons. The number of amides is 1. The van der Waals surface area contributed by atoms with Gasteiger partial charge in [-0.25, -0.2) is 0 Å². The van der Waals surface area contributed by atoms with E-state index in [1.165, 1.54) is 19.3 Å². The molecule has 1 amide bonds. The van der Waals surface area contributed by atoms with E-state index in [-0.39, 0.29) is 15.6 Å². The van der Waals surface area contributed by atoms with Gasteiger partial charge in [0.25, 0.3) is 0 Å². The first-order chi connectivity index (χ1) is 8.05. The van der Waals surface area contributed by atoms with Crippen LogP contribution in [0, 0.1) is 29.6 Å². The summed E-state index contributed by atoms with van der Waals surface area (Å²) in [6, 6.07) is 0. The molecule has 17 heavy (non-hydrogen) atoms. The summed E-state index contributed by atoms with van der Waals surface area (Å²) in [5.41, 5.74) is -0.121. The van der Waals surface area contributed by atoms with E-state index in [4.69, 9.17) is 6.42 Å². The molecule has 0 aliphatic heterocycles. The minimum absolute atomic E-state index is 0.121. The SMILES string of the molecule is C#CCNC(=O)C12CC3CC(CC(Br)(C3)C1)C2. The first-order valence-electron chi connectivity index (χ1n) is 6.46. The smallest absolute Gasteiger partial charge is 0.227 e. The lowest BCUT2D eigenvalue weighted by Crippen LogP contribution is -2.58. The Morgan fingerprint density at radius 2 is 2.00 bits per heavy atom. The van der Waals surface area contributed by atoms with E-state index in [1.807, 2.05) is 0 Å². The number of alkyl halides is 1. The van der Waals surface area contributed by atoms with Gasteiger partial charge in [0.15, 0.2) is 0 Å². The maximum atomic E-state index is 12.4. The average Bonchev–Trinajstić information content (AvgIpc) is 2.22. The van der Waals surface area contributed by atoms with Crippen molar-refractivity contribution in [3.63, 3.8) is 0 Å². The van der Waals surface area contributed by atoms with Crippen molar-refractivity contribution in [3.8, 4) is 12.3 Å². The molecular weight excluding hydrogens is 278 g/mol. The van der Waals surface area contributed by atoms with Gasteiger partial charge in [0.05, 0.1) is 12.0 Å². The van der Waals surface area contributed by atoms with Crippen LogP contribution in [0.15, 0.2) is 0 Å². The normalized spacial score (nSPS) is 46.6. The summed E-state index contributed by atoms with van der Waals surface area (Å²) in [4.78, 5) is 12.4. The Labute approximate surface area is 111 Å². The fourth-order valence-electron chi connectivity index (χ4n) is 4.74. The van der Waals surface area contributed by atoms with Gasteiger partial charge in [-0.1, -0.05) is 21.9 Å². The third kappa shape index (κ3) is 1.81. The summed E-state index contributed by atoms with van der Waals surface area (Å²) >= 11 is 3.91. The zero-order valence-corrected chi connectivity index (χ0v) is 11.6. The fraction of sp³-hybridized carbons (Fsp3) is 0.786. The number of hydrogen-bond donors (Lipinski definition) is 1. The molecule has 4 rings (SSSR count). The van der Waals surface area contributed by atoms with E-state index in [1.54, 1.807) is 0 Å². The summed E-state index contributed by atoms with van der Waals surface area (Å²) in [6.07, 6.45) is 12.2. The number of terminal acetylenes is 1. The minimum Gasteiger partial charge on any atom is -0.345 e. The van der Waals surface area contributed by atoms with Crippen LogP contribution in [-0.2, 0) is 4.79 Å². The summed E-state index contributed by atoms with van der Waals surface area (Å²) in [6.45, 7) is 0.366. The molecule has 4 aliphatic rings. The van der Waals surface area contributed by atoms with E-state index < -0.39 is 0 Å². The van der Waals surface area contributed by atoms with Gasteiger partial charge in [-0.15, -0.1) is 6.42 Å². The number of halogens is 1. The molecule has 0 aromatic carbocycles. The van der Waals surface area contributed by atoms with Crippen molar-refractivity contribution in [2.45, 2.75) is 42.8 Å². The Hall–Kier alpha value is -0.490. The molecule has 0 aromatic heterocycles. The Morgan fingerprint density at radius 1 is 1.35 bits per heavy atom. The molecule has 4 fully saturated rings. The lowest BCUT2D eigenvalue weighted by molar-refractivity contribution is -0.143. The van der Waals surface area contributed by atoms with Crippen molar-refractivity contribution < 1.29 is 4.79 Å². The van der Waals surface area contributed by atoms with Crippen molar-refractivity contribution in [2.24, 2.45) is 17.3 Å². The quantitative estimate of drug-likeness (QED) is 0.615. The molecule has 1 N–H and O–H groups in total. The van der Waals surface area contributed by atoms with Crippen molar-refractivity contribution in [1.82, 2.24) is 5.32 Å². The first kappa shape index (κ1) is 11.6. The average molecular weight is 296 g/mol. The van der Waals surface area contributed by atoms with Crippen LogP contribution in [0.25, 0.3) is 0 Å². The van der Waals surface area contributed by atoms with Crippen LogP contribution in [0.1, 0.15) is 38.5 Å². The van der Waals surface area contributed by atoms with E-state index in [0.717, 1.165) is 31.1 Å². The molecule has 4 aliphatic carbocycles. The predicted octanol–water partition coefficient (Wildman–Crippen LogP) is 2.47. The lowest BCUT2D eigenvalue weighted by Gasteiger charge is -2.59. The van der Waals surface area contributed by atoms with Gasteiger partial charge in [-0.2, -0.15) is 0 Å². The highest BCUT2D eigenvalue weighted by molar-refractivity contribution is 9.10. The van der Waals surface area contributed by atoms with E-state index >= 15 is 0 Å². The first-order valence-corrected chi connectivity index (χ1v) is 7.25. The van der Waals surface area contributed by atoms with Crippen LogP contribution in [0.5, 0.6) is 0 Å². The van der Waals surface area contributed by atoms with Gasteiger partial charge in [-0.05, 0) is 50.4 Å². The molecule has 2 nitrogen and oxygen atoms in total. The summed E-state index contributed by atoms with van der Waals surface area (Å²) in [5.74, 6) is 4.18. The van der Waals surface area contributed by atoms with Crippen LogP contribution in [0.2, 0.25) is 0 Å². The Bertz CT molecular complexity index is 384. The van der Waals surface area contributed by atoms with Crippen LogP contribution in [0.3, 0.4) is 0 Å². The standard InChI is InChI=1S/C14H18BrNO/c1-2-3-16-12(17)13-5-10-4-11(6-13)8-14(15,7-10)9-13/h1,10-11H,3-9H2,(H,16,17). The van der Waals surface area contributed by atoms with Crippen LogP contribution >= 0.6 is 15.9 Å². The molecule has 0 heterocycles. The van der Waals surface area contributed by atoms with E-state index in [0.29, 0.717) is 6.54 Å². The lowest BCUT2D eigenvalue weighted by atomic mass is 9.49. The Kier molecular flexibility index (Phi) is 2.56. The zero-order chi connectivity index (χ0) is 12.1. The van der Waals surface area contributed by atoms with Crippen LogP contribution in [-0.4, -0.2) is 16.8 Å². The van der Waals surface area contributed by atoms with Gasteiger partial charge in [0, 0.05) is 4.32 Å². The maximum absolute atomic E-state index is 12.4. The second-order valence-corrected chi connectivity index (χ2v) is 7.96. The zero-order valence-electron chi connectivity index (χ0n) is 9.97. The second kappa shape index (κ2) is 3.75. The third-order valence-corrected chi connectivity index (χ3v) is 5.75. The van der Waals surface area contributed by atoms with Crippen molar-refractivity contribution in [2.75, 3.05) is 6.54 Å². The summed E-state index contributed by atoms with van der Waals surface area (Å²) in [7, 11) is 0. The van der Waals surface area contributed by atoms with Crippen molar-refractivity contribution in [1.29, 1.82) is 0 Å². The molecule has 0 spiro atoms. The van der Waals surface area contributed by atoms with Crippen LogP contribution in [0.4, 0.5) is 0 Å². The van der Waals surface area contributed by atoms with E-state index in [9.17, 15) is 4.79 Å². The molecule has 4 saturated carbocycles. The highest BCUT2D eigenvalue weighted by Gasteiger charge is 2.59. The van der Waals surface area contributed by atoms with Crippen LogP contribution < -0.4 is 5.32 Å². The third-order valence-electron chi connectivity index (χ3n) is 4.82. The predicted molar refractivity (Wildman–Crippen MR) is 70.6 cm³/mol. The van der Waals surface area contributed by atoms with Gasteiger partial charge in [0.2, 0.25) is 5.91 Å². The number of hydrogen-bond acceptors (Lipinski definition) is 1. The monoisotopic (exact) mass is 295 g/mol. The van der Waals surface area contributed by atoms with Gasteiger partial charge in [0.1, 0.15) is 0 Å². The molecule has 0 aromatic rings. The largest absolute Gasteiger partial charge is 0.345 e. The molecule has 92 valence electrons. The van der Waals surface area contributed by atoms with Gasteiger partial charge in [-0.3, -0.25) is 4.79 Å². The Morgan fingerprint density at radius 3 is 2.53 bits per heavy atom. The number of carbonyl (C=O) groups excluding carboxylic acids is 1. The van der Waals surface area contributed by atoms with E-state index in [2.05, 4.69) is 27.2 Å². The van der Waals surface area contributed by atoms with Crippen molar-refractivity contribution >= 4 is 21.8 Å². The molecule has 4 bridgehead atoms. The molecule has 2 unspecified atom stereocenters. The highest BCUT2D eigenvalue weighted by Crippen LogP contribution is 2.64. The summed E-state index contributed by atoms with van der Waals surface area (Å²) < 4.78 is 0.241. The van der Waals surface area contributed by atoms with Gasteiger partial charge >= 0.3 is 0 Å².